The van der Waals surface area contributed by atoms with Gasteiger partial charge < -0.3 is 15.4 Å². The van der Waals surface area contributed by atoms with E-state index in [1.54, 1.807) is 0 Å². The molecule has 1 rings (SSSR count). The summed E-state index contributed by atoms with van der Waals surface area (Å²) in [5, 5.41) is 6.32. The number of carbonyl (C=O) groups is 1. The van der Waals surface area contributed by atoms with Crippen LogP contribution < -0.4 is 10.6 Å². The van der Waals surface area contributed by atoms with Gasteiger partial charge in [-0.05, 0) is 46.2 Å². The second kappa shape index (κ2) is 5.53. The first kappa shape index (κ1) is 13.3. The van der Waals surface area contributed by atoms with Crippen molar-refractivity contribution in [2.24, 2.45) is 5.92 Å². The van der Waals surface area contributed by atoms with E-state index in [1.807, 2.05) is 20.8 Å². The van der Waals surface area contributed by atoms with Crippen molar-refractivity contribution in [2.45, 2.75) is 52.2 Å². The Hall–Kier alpha value is -0.770. The highest BCUT2D eigenvalue weighted by molar-refractivity contribution is 5.68. The molecule has 1 fully saturated rings. The van der Waals surface area contributed by atoms with Crippen LogP contribution in [-0.4, -0.2) is 30.8 Å². The molecular formula is C12H24N2O2. The molecule has 0 unspecified atom stereocenters. The van der Waals surface area contributed by atoms with Gasteiger partial charge in [-0.1, -0.05) is 13.3 Å². The quantitative estimate of drug-likeness (QED) is 0.759. The van der Waals surface area contributed by atoms with E-state index in [-0.39, 0.29) is 12.1 Å². The summed E-state index contributed by atoms with van der Waals surface area (Å²) in [6.45, 7) is 9.75. The summed E-state index contributed by atoms with van der Waals surface area (Å²) < 4.78 is 5.26. The fourth-order valence-electron chi connectivity index (χ4n) is 2.00. The van der Waals surface area contributed by atoms with Gasteiger partial charge in [-0.15, -0.1) is 0 Å². The fraction of sp³-hybridized carbons (Fsp3) is 0.917. The van der Waals surface area contributed by atoms with Crippen molar-refractivity contribution >= 4 is 6.09 Å². The average molecular weight is 228 g/mol. The third-order valence-corrected chi connectivity index (χ3v) is 2.83. The van der Waals surface area contributed by atoms with Crippen LogP contribution in [0.2, 0.25) is 0 Å². The van der Waals surface area contributed by atoms with E-state index in [0.717, 1.165) is 25.9 Å². The highest BCUT2D eigenvalue weighted by Crippen LogP contribution is 2.15. The molecule has 0 aliphatic carbocycles. The monoisotopic (exact) mass is 228 g/mol. The molecule has 4 heteroatoms. The van der Waals surface area contributed by atoms with Crippen LogP contribution in [0.3, 0.4) is 0 Å². The van der Waals surface area contributed by atoms with E-state index >= 15 is 0 Å². The second-order valence-electron chi connectivity index (χ2n) is 5.41. The van der Waals surface area contributed by atoms with Crippen LogP contribution in [-0.2, 0) is 4.74 Å². The number of rotatable bonds is 2. The molecule has 1 aliphatic heterocycles. The summed E-state index contributed by atoms with van der Waals surface area (Å²) >= 11 is 0. The van der Waals surface area contributed by atoms with Crippen LogP contribution in [0.1, 0.15) is 40.5 Å². The highest BCUT2D eigenvalue weighted by atomic mass is 16.6. The Labute approximate surface area is 98.1 Å². The summed E-state index contributed by atoms with van der Waals surface area (Å²) in [5.74, 6) is 0.515. The Morgan fingerprint density at radius 1 is 1.50 bits per heavy atom. The Bertz CT molecular complexity index is 236. The predicted molar refractivity (Wildman–Crippen MR) is 64.4 cm³/mol. The van der Waals surface area contributed by atoms with E-state index < -0.39 is 5.60 Å². The molecule has 16 heavy (non-hydrogen) atoms. The number of alkyl carbamates (subject to hydrolysis) is 1. The van der Waals surface area contributed by atoms with Crippen molar-refractivity contribution < 1.29 is 9.53 Å². The van der Waals surface area contributed by atoms with E-state index in [9.17, 15) is 4.79 Å². The first-order valence-corrected chi connectivity index (χ1v) is 6.12. The van der Waals surface area contributed by atoms with Crippen molar-refractivity contribution in [3.63, 3.8) is 0 Å². The van der Waals surface area contributed by atoms with Crippen LogP contribution in [0, 0.1) is 5.92 Å². The molecule has 94 valence electrons. The smallest absolute Gasteiger partial charge is 0.407 e. The first-order chi connectivity index (χ1) is 7.42. The lowest BCUT2D eigenvalue weighted by Crippen LogP contribution is -2.50. The van der Waals surface area contributed by atoms with Gasteiger partial charge in [0.05, 0.1) is 0 Å². The van der Waals surface area contributed by atoms with Crippen molar-refractivity contribution in [2.75, 3.05) is 13.1 Å². The van der Waals surface area contributed by atoms with E-state index in [0.29, 0.717) is 5.92 Å². The number of amides is 1. The van der Waals surface area contributed by atoms with Crippen LogP contribution >= 0.6 is 0 Å². The lowest BCUT2D eigenvalue weighted by Gasteiger charge is -2.32. The number of carbonyl (C=O) groups excluding carboxylic acids is 1. The van der Waals surface area contributed by atoms with Gasteiger partial charge in [-0.3, -0.25) is 0 Å². The molecule has 2 N–H and O–H groups in total. The van der Waals surface area contributed by atoms with Gasteiger partial charge in [-0.25, -0.2) is 4.79 Å². The molecule has 2 atom stereocenters. The molecule has 0 saturated carbocycles. The van der Waals surface area contributed by atoms with Crippen molar-refractivity contribution in [3.05, 3.63) is 0 Å². The fourth-order valence-corrected chi connectivity index (χ4v) is 2.00. The summed E-state index contributed by atoms with van der Waals surface area (Å²) in [5.41, 5.74) is -0.418. The molecule has 0 spiro atoms. The third-order valence-electron chi connectivity index (χ3n) is 2.83. The molecule has 1 aliphatic rings. The molecule has 0 radical (unpaired) electrons. The molecule has 0 aromatic rings. The SMILES string of the molecule is CC[C@@H]1CNCC[C@H]1NC(=O)OC(C)(C)C. The minimum atomic E-state index is -0.418. The standard InChI is InChI=1S/C12H24N2O2/c1-5-9-8-13-7-6-10(9)14-11(15)16-12(2,3)4/h9-10,13H,5-8H2,1-4H3,(H,14,15)/t9-,10-/m1/s1. The van der Waals surface area contributed by atoms with Crippen LogP contribution in [0.4, 0.5) is 4.79 Å². The number of hydrogen-bond acceptors (Lipinski definition) is 3. The Balaban J connectivity index is 2.42. The molecule has 1 saturated heterocycles. The number of ether oxygens (including phenoxy) is 1. The Morgan fingerprint density at radius 3 is 2.75 bits per heavy atom. The zero-order chi connectivity index (χ0) is 12.2. The van der Waals surface area contributed by atoms with Crippen molar-refractivity contribution in [3.8, 4) is 0 Å². The summed E-state index contributed by atoms with van der Waals surface area (Å²) in [4.78, 5) is 11.6. The Kier molecular flexibility index (Phi) is 4.59. The lowest BCUT2D eigenvalue weighted by molar-refractivity contribution is 0.0473. The lowest BCUT2D eigenvalue weighted by atomic mass is 9.91. The maximum atomic E-state index is 11.6. The predicted octanol–water partition coefficient (Wildman–Crippen LogP) is 1.90. The minimum Gasteiger partial charge on any atom is -0.444 e. The first-order valence-electron chi connectivity index (χ1n) is 6.12. The van der Waals surface area contributed by atoms with E-state index in [1.165, 1.54) is 0 Å². The van der Waals surface area contributed by atoms with Gasteiger partial charge >= 0.3 is 6.09 Å². The number of piperidine rings is 1. The topological polar surface area (TPSA) is 50.4 Å². The highest BCUT2D eigenvalue weighted by Gasteiger charge is 2.26. The Morgan fingerprint density at radius 2 is 2.19 bits per heavy atom. The van der Waals surface area contributed by atoms with E-state index in [2.05, 4.69) is 17.6 Å². The minimum absolute atomic E-state index is 0.251. The maximum Gasteiger partial charge on any atom is 0.407 e. The number of nitrogens with one attached hydrogen (secondary N) is 2. The summed E-state index contributed by atoms with van der Waals surface area (Å²) in [7, 11) is 0. The second-order valence-corrected chi connectivity index (χ2v) is 5.41. The third kappa shape index (κ3) is 4.39. The molecule has 1 heterocycles. The van der Waals surface area contributed by atoms with Crippen LogP contribution in [0.25, 0.3) is 0 Å². The summed E-state index contributed by atoms with van der Waals surface area (Å²) in [6, 6.07) is 0.251. The van der Waals surface area contributed by atoms with Gasteiger partial charge in [0, 0.05) is 6.04 Å². The molecule has 1 amide bonds. The van der Waals surface area contributed by atoms with Gasteiger partial charge in [0.25, 0.3) is 0 Å². The molecule has 0 aromatic heterocycles. The zero-order valence-electron chi connectivity index (χ0n) is 10.8. The molecule has 0 aromatic carbocycles. The van der Waals surface area contributed by atoms with Crippen molar-refractivity contribution in [1.29, 1.82) is 0 Å². The summed E-state index contributed by atoms with van der Waals surface area (Å²) in [6.07, 6.45) is 1.77. The van der Waals surface area contributed by atoms with E-state index in [4.69, 9.17) is 4.74 Å². The zero-order valence-corrected chi connectivity index (χ0v) is 10.8. The normalized spacial score (nSPS) is 26.2. The van der Waals surface area contributed by atoms with Crippen molar-refractivity contribution in [1.82, 2.24) is 10.6 Å². The van der Waals surface area contributed by atoms with Crippen LogP contribution in [0.5, 0.6) is 0 Å². The maximum absolute atomic E-state index is 11.6. The van der Waals surface area contributed by atoms with Gasteiger partial charge in [-0.2, -0.15) is 0 Å². The molecule has 4 nitrogen and oxygen atoms in total. The van der Waals surface area contributed by atoms with Gasteiger partial charge in [0.2, 0.25) is 0 Å². The largest absolute Gasteiger partial charge is 0.444 e. The van der Waals surface area contributed by atoms with Crippen LogP contribution in [0.15, 0.2) is 0 Å². The molecule has 0 bridgehead atoms. The molecular weight excluding hydrogens is 204 g/mol. The van der Waals surface area contributed by atoms with Gasteiger partial charge in [0.1, 0.15) is 5.60 Å². The van der Waals surface area contributed by atoms with Gasteiger partial charge in [0.15, 0.2) is 0 Å². The average Bonchev–Trinajstić information content (AvgIpc) is 2.15. The number of hydrogen-bond donors (Lipinski definition) is 2.